The summed E-state index contributed by atoms with van der Waals surface area (Å²) in [4.78, 5) is 39.5. The van der Waals surface area contributed by atoms with Crippen LogP contribution in [0.25, 0.3) is 10.9 Å². The molecule has 0 spiro atoms. The molecule has 2 amide bonds. The number of nitrogens with one attached hydrogen (secondary N) is 1. The lowest BCUT2D eigenvalue weighted by Gasteiger charge is -2.38. The van der Waals surface area contributed by atoms with Gasteiger partial charge in [-0.25, -0.2) is 0 Å². The summed E-state index contributed by atoms with van der Waals surface area (Å²) in [7, 11) is 0. The lowest BCUT2D eigenvalue weighted by molar-refractivity contribution is -0.134. The van der Waals surface area contributed by atoms with E-state index in [2.05, 4.69) is 53.8 Å². The van der Waals surface area contributed by atoms with E-state index in [9.17, 15) is 14.4 Å². The highest BCUT2D eigenvalue weighted by atomic mass is 79.9. The topological polar surface area (TPSA) is 71.4 Å². The Morgan fingerprint density at radius 2 is 1.86 bits per heavy atom. The van der Waals surface area contributed by atoms with Crippen molar-refractivity contribution >= 4 is 44.4 Å². The highest BCUT2D eigenvalue weighted by molar-refractivity contribution is 9.10. The van der Waals surface area contributed by atoms with E-state index >= 15 is 0 Å². The second-order valence-electron chi connectivity index (χ2n) is 9.86. The predicted molar refractivity (Wildman–Crippen MR) is 146 cm³/mol. The molecule has 1 saturated heterocycles. The first-order chi connectivity index (χ1) is 17.3. The Balaban J connectivity index is 1.47. The lowest BCUT2D eigenvalue weighted by Crippen LogP contribution is -2.50. The summed E-state index contributed by atoms with van der Waals surface area (Å²) in [5.41, 5.74) is 2.60. The fourth-order valence-electron chi connectivity index (χ4n) is 4.90. The van der Waals surface area contributed by atoms with Crippen molar-refractivity contribution in [2.75, 3.05) is 19.6 Å². The zero-order valence-electron chi connectivity index (χ0n) is 20.7. The van der Waals surface area contributed by atoms with E-state index in [4.69, 9.17) is 0 Å². The van der Waals surface area contributed by atoms with Crippen molar-refractivity contribution in [1.82, 2.24) is 14.8 Å². The molecule has 2 heterocycles. The third-order valence-corrected chi connectivity index (χ3v) is 7.40. The molecule has 1 aromatic heterocycles. The number of carbonyl (C=O) groups is 3. The number of nitrogens with zero attached hydrogens (tertiary/aromatic N) is 2. The molecule has 6 nitrogen and oxygen atoms in total. The minimum absolute atomic E-state index is 0.0847. The van der Waals surface area contributed by atoms with E-state index in [0.717, 1.165) is 15.4 Å². The summed E-state index contributed by atoms with van der Waals surface area (Å²) < 4.78 is 2.74. The normalized spacial score (nSPS) is 14.5. The molecule has 1 aliphatic heterocycles. The number of likely N-dealkylation sites (tertiary alicyclic amines) is 1. The summed E-state index contributed by atoms with van der Waals surface area (Å²) in [6.07, 6.45) is 3.50. The minimum atomic E-state index is -0.150. The third-order valence-electron chi connectivity index (χ3n) is 6.91. The van der Waals surface area contributed by atoms with E-state index in [0.29, 0.717) is 37.5 Å². The smallest absolute Gasteiger partial charge is 0.253 e. The van der Waals surface area contributed by atoms with Crippen molar-refractivity contribution < 1.29 is 14.4 Å². The Labute approximate surface area is 220 Å². The van der Waals surface area contributed by atoms with Gasteiger partial charge in [-0.15, -0.1) is 0 Å². The van der Waals surface area contributed by atoms with Gasteiger partial charge in [-0.05, 0) is 35.8 Å². The van der Waals surface area contributed by atoms with Gasteiger partial charge in [0.05, 0.1) is 12.1 Å². The van der Waals surface area contributed by atoms with E-state index in [1.807, 2.05) is 41.0 Å². The molecule has 0 bridgehead atoms. The zero-order valence-corrected chi connectivity index (χ0v) is 22.3. The van der Waals surface area contributed by atoms with Crippen LogP contribution in [0.15, 0.2) is 71.9 Å². The second-order valence-corrected chi connectivity index (χ2v) is 10.8. The van der Waals surface area contributed by atoms with Gasteiger partial charge in [-0.3, -0.25) is 14.4 Å². The summed E-state index contributed by atoms with van der Waals surface area (Å²) >= 11 is 3.51. The fraction of sp³-hybridized carbons (Fsp3) is 0.345. The monoisotopic (exact) mass is 549 g/mol. The molecule has 1 unspecified atom stereocenters. The first kappa shape index (κ1) is 25.9. The van der Waals surface area contributed by atoms with Crippen LogP contribution < -0.4 is 5.32 Å². The van der Waals surface area contributed by atoms with Crippen LogP contribution in [0.2, 0.25) is 0 Å². The predicted octanol–water partition coefficient (Wildman–Crippen LogP) is 5.18. The van der Waals surface area contributed by atoms with Gasteiger partial charge in [-0.1, -0.05) is 66.7 Å². The molecule has 4 rings (SSSR count). The number of aromatic nitrogens is 1. The van der Waals surface area contributed by atoms with Crippen LogP contribution in [0, 0.1) is 11.8 Å². The van der Waals surface area contributed by atoms with Gasteiger partial charge in [-0.2, -0.15) is 0 Å². The minimum Gasteiger partial charge on any atom is -0.351 e. The SMILES string of the molecule is C=CC(=O)N1CC(CC(=O)Cn2cc(C(=O)NCC(c3ccccc3)C(C)C)c3cc(Br)ccc32)C1. The van der Waals surface area contributed by atoms with Gasteiger partial charge in [0, 0.05) is 59.5 Å². The summed E-state index contributed by atoms with van der Waals surface area (Å²) in [6, 6.07) is 16.0. The first-order valence-electron chi connectivity index (χ1n) is 12.3. The number of Topliss-reactive ketones (excluding diaryl/α,β-unsaturated/α-hetero) is 1. The highest BCUT2D eigenvalue weighted by Gasteiger charge is 2.31. The van der Waals surface area contributed by atoms with Crippen LogP contribution in [0.5, 0.6) is 0 Å². The van der Waals surface area contributed by atoms with Crippen LogP contribution in [-0.2, 0) is 16.1 Å². The maximum absolute atomic E-state index is 13.3. The molecule has 36 heavy (non-hydrogen) atoms. The second kappa shape index (κ2) is 11.2. The molecule has 0 radical (unpaired) electrons. The largest absolute Gasteiger partial charge is 0.351 e. The van der Waals surface area contributed by atoms with Crippen molar-refractivity contribution in [2.45, 2.75) is 32.7 Å². The maximum Gasteiger partial charge on any atom is 0.253 e. The molecule has 1 fully saturated rings. The molecular formula is C29H32BrN3O3. The van der Waals surface area contributed by atoms with Crippen molar-refractivity contribution in [1.29, 1.82) is 0 Å². The van der Waals surface area contributed by atoms with Crippen LogP contribution in [0.1, 0.15) is 42.1 Å². The van der Waals surface area contributed by atoms with Crippen molar-refractivity contribution in [3.8, 4) is 0 Å². The van der Waals surface area contributed by atoms with Gasteiger partial charge in [0.25, 0.3) is 5.91 Å². The Kier molecular flexibility index (Phi) is 8.09. The Hall–Kier alpha value is -3.19. The number of fused-ring (bicyclic) bond motifs is 1. The molecule has 188 valence electrons. The number of carbonyl (C=O) groups excluding carboxylic acids is 3. The number of rotatable bonds is 10. The molecule has 3 aromatic rings. The molecule has 7 heteroatoms. The van der Waals surface area contributed by atoms with Crippen LogP contribution in [0.4, 0.5) is 0 Å². The number of amides is 2. The third kappa shape index (κ3) is 5.78. The zero-order chi connectivity index (χ0) is 25.8. The summed E-state index contributed by atoms with van der Waals surface area (Å²) in [5, 5.41) is 3.94. The average molecular weight is 550 g/mol. The van der Waals surface area contributed by atoms with Gasteiger partial charge in [0.1, 0.15) is 0 Å². The molecule has 1 aliphatic rings. The standard InChI is InChI=1S/C29H32BrN3O3/c1-4-28(35)33-15-20(16-33)12-23(34)17-32-18-26(24-13-22(30)10-11-27(24)32)29(36)31-14-25(19(2)3)21-8-6-5-7-9-21/h4-11,13,18-20,25H,1,12,14-17H2,2-3H3,(H,31,36). The van der Waals surface area contributed by atoms with Crippen molar-refractivity contribution in [3.63, 3.8) is 0 Å². The quantitative estimate of drug-likeness (QED) is 0.354. The molecule has 0 aliphatic carbocycles. The first-order valence-corrected chi connectivity index (χ1v) is 13.1. The maximum atomic E-state index is 13.3. The average Bonchev–Trinajstić information content (AvgIpc) is 3.18. The van der Waals surface area contributed by atoms with Gasteiger partial charge < -0.3 is 14.8 Å². The van der Waals surface area contributed by atoms with Crippen LogP contribution >= 0.6 is 15.9 Å². The Morgan fingerprint density at radius 3 is 2.53 bits per heavy atom. The molecule has 2 aromatic carbocycles. The van der Waals surface area contributed by atoms with Gasteiger partial charge >= 0.3 is 0 Å². The Morgan fingerprint density at radius 1 is 1.14 bits per heavy atom. The molecular weight excluding hydrogens is 518 g/mol. The van der Waals surface area contributed by atoms with E-state index in [1.54, 1.807) is 11.1 Å². The fourth-order valence-corrected chi connectivity index (χ4v) is 5.26. The van der Waals surface area contributed by atoms with Crippen molar-refractivity contribution in [3.05, 3.63) is 83.0 Å². The summed E-state index contributed by atoms with van der Waals surface area (Å²) in [5.74, 6) is 0.580. The highest BCUT2D eigenvalue weighted by Crippen LogP contribution is 2.28. The number of ketones is 1. The van der Waals surface area contributed by atoms with Crippen LogP contribution in [-0.4, -0.2) is 46.7 Å². The Bertz CT molecular complexity index is 1280. The van der Waals surface area contributed by atoms with E-state index < -0.39 is 0 Å². The van der Waals surface area contributed by atoms with Crippen LogP contribution in [0.3, 0.4) is 0 Å². The number of hydrogen-bond acceptors (Lipinski definition) is 3. The number of hydrogen-bond donors (Lipinski definition) is 1. The van der Waals surface area contributed by atoms with Gasteiger partial charge in [0.15, 0.2) is 5.78 Å². The molecule has 1 atom stereocenters. The molecule has 0 saturated carbocycles. The summed E-state index contributed by atoms with van der Waals surface area (Å²) in [6.45, 7) is 9.72. The van der Waals surface area contributed by atoms with Crippen molar-refractivity contribution in [2.24, 2.45) is 11.8 Å². The molecule has 1 N–H and O–H groups in total. The number of halogens is 1. The van der Waals surface area contributed by atoms with Gasteiger partial charge in [0.2, 0.25) is 5.91 Å². The van der Waals surface area contributed by atoms with E-state index in [1.165, 1.54) is 11.6 Å². The lowest BCUT2D eigenvalue weighted by atomic mass is 9.88. The number of benzene rings is 2. The van der Waals surface area contributed by atoms with E-state index in [-0.39, 0.29) is 36.0 Å².